The first-order chi connectivity index (χ1) is 7.52. The summed E-state index contributed by atoms with van der Waals surface area (Å²) >= 11 is 5.85. The van der Waals surface area contributed by atoms with Crippen LogP contribution in [0.4, 0.5) is 0 Å². The minimum atomic E-state index is 0.00270. The first-order valence-electron chi connectivity index (χ1n) is 5.33. The van der Waals surface area contributed by atoms with Crippen molar-refractivity contribution in [3.05, 3.63) is 29.6 Å². The third-order valence-electron chi connectivity index (χ3n) is 2.45. The Morgan fingerprint density at radius 2 is 2.31 bits per heavy atom. The molecule has 1 rings (SSSR count). The highest BCUT2D eigenvalue weighted by Gasteiger charge is 2.14. The van der Waals surface area contributed by atoms with Gasteiger partial charge in [-0.25, -0.2) is 0 Å². The van der Waals surface area contributed by atoms with E-state index in [4.69, 9.17) is 11.6 Å². The number of amides is 1. The Labute approximate surface area is 101 Å². The molecular weight excluding hydrogens is 224 g/mol. The minimum Gasteiger partial charge on any atom is -0.342 e. The van der Waals surface area contributed by atoms with Crippen LogP contribution >= 0.6 is 11.6 Å². The lowest BCUT2D eigenvalue weighted by Gasteiger charge is -2.18. The molecule has 1 heterocycles. The van der Waals surface area contributed by atoms with Crippen molar-refractivity contribution in [3.63, 3.8) is 0 Å². The molecule has 1 atom stereocenters. The normalized spacial score (nSPS) is 12.2. The highest BCUT2D eigenvalue weighted by Crippen LogP contribution is 2.09. The van der Waals surface area contributed by atoms with Crippen molar-refractivity contribution in [2.45, 2.75) is 25.6 Å². The van der Waals surface area contributed by atoms with Crippen LogP contribution in [0.2, 0.25) is 0 Å². The molecule has 0 radical (unpaired) electrons. The summed E-state index contributed by atoms with van der Waals surface area (Å²) < 4.78 is 0. The monoisotopic (exact) mass is 240 g/mol. The van der Waals surface area contributed by atoms with Gasteiger partial charge in [-0.1, -0.05) is 0 Å². The smallest absolute Gasteiger partial charge is 0.255 e. The fourth-order valence-corrected chi connectivity index (χ4v) is 1.49. The molecular formula is C12H17ClN2O. The van der Waals surface area contributed by atoms with Gasteiger partial charge in [0.2, 0.25) is 0 Å². The number of carbonyl (C=O) groups excluding carboxylic acids is 1. The highest BCUT2D eigenvalue weighted by atomic mass is 35.5. The molecule has 0 fully saturated rings. The lowest BCUT2D eigenvalue weighted by molar-refractivity contribution is 0.0792. The summed E-state index contributed by atoms with van der Waals surface area (Å²) in [4.78, 5) is 17.8. The van der Waals surface area contributed by atoms with Gasteiger partial charge in [-0.15, -0.1) is 11.6 Å². The topological polar surface area (TPSA) is 33.2 Å². The van der Waals surface area contributed by atoms with Crippen molar-refractivity contribution in [1.29, 1.82) is 0 Å². The van der Waals surface area contributed by atoms with Gasteiger partial charge < -0.3 is 4.90 Å². The Balaban J connectivity index is 2.67. The molecule has 0 spiro atoms. The van der Waals surface area contributed by atoms with Crippen LogP contribution in [0.25, 0.3) is 0 Å². The average Bonchev–Trinajstić information content (AvgIpc) is 2.25. The van der Waals surface area contributed by atoms with Gasteiger partial charge >= 0.3 is 0 Å². The van der Waals surface area contributed by atoms with Gasteiger partial charge in [0.1, 0.15) is 0 Å². The van der Waals surface area contributed by atoms with Crippen molar-refractivity contribution < 1.29 is 4.79 Å². The predicted molar refractivity (Wildman–Crippen MR) is 65.9 cm³/mol. The predicted octanol–water partition coefficient (Wildman–Crippen LogP) is 2.48. The lowest BCUT2D eigenvalue weighted by Crippen LogP contribution is -2.29. The molecule has 0 aromatic carbocycles. The second-order valence-corrected chi connectivity index (χ2v) is 4.68. The summed E-state index contributed by atoms with van der Waals surface area (Å²) in [6.07, 6.45) is 2.48. The molecule has 1 aromatic heterocycles. The Hall–Kier alpha value is -1.09. The molecule has 0 aliphatic heterocycles. The number of pyridine rings is 1. The van der Waals surface area contributed by atoms with Gasteiger partial charge in [0.05, 0.1) is 5.56 Å². The number of aryl methyl sites for hydroxylation is 1. The fourth-order valence-electron chi connectivity index (χ4n) is 1.39. The zero-order valence-corrected chi connectivity index (χ0v) is 10.7. The molecule has 1 unspecified atom stereocenters. The molecule has 0 N–H and O–H groups in total. The van der Waals surface area contributed by atoms with E-state index in [1.165, 1.54) is 0 Å². The summed E-state index contributed by atoms with van der Waals surface area (Å²) in [6.45, 7) is 4.43. The molecule has 0 aliphatic carbocycles. The third-order valence-corrected chi connectivity index (χ3v) is 2.66. The van der Waals surface area contributed by atoms with Crippen LogP contribution in [-0.4, -0.2) is 34.8 Å². The largest absolute Gasteiger partial charge is 0.342 e. The van der Waals surface area contributed by atoms with Crippen LogP contribution in [0.3, 0.4) is 0 Å². The summed E-state index contributed by atoms with van der Waals surface area (Å²) in [7, 11) is 1.79. The quantitative estimate of drug-likeness (QED) is 0.758. The van der Waals surface area contributed by atoms with Crippen LogP contribution in [0.5, 0.6) is 0 Å². The number of carbonyl (C=O) groups is 1. The first kappa shape index (κ1) is 13.0. The molecule has 88 valence electrons. The van der Waals surface area contributed by atoms with Crippen molar-refractivity contribution >= 4 is 17.5 Å². The van der Waals surface area contributed by atoms with Crippen molar-refractivity contribution in [2.75, 3.05) is 13.6 Å². The SMILES string of the molecule is Cc1ncccc1C(=O)N(C)CCC(C)Cl. The highest BCUT2D eigenvalue weighted by molar-refractivity contribution is 6.20. The van der Waals surface area contributed by atoms with Crippen LogP contribution in [0.15, 0.2) is 18.3 Å². The summed E-state index contributed by atoms with van der Waals surface area (Å²) in [5.74, 6) is 0.00270. The number of alkyl halides is 1. The maximum absolute atomic E-state index is 12.0. The second kappa shape index (κ2) is 5.85. The van der Waals surface area contributed by atoms with Crippen molar-refractivity contribution in [2.24, 2.45) is 0 Å². The van der Waals surface area contributed by atoms with E-state index in [-0.39, 0.29) is 11.3 Å². The molecule has 1 aromatic rings. The summed E-state index contributed by atoms with van der Waals surface area (Å²) in [5.41, 5.74) is 1.42. The van der Waals surface area contributed by atoms with E-state index >= 15 is 0 Å². The summed E-state index contributed by atoms with van der Waals surface area (Å²) in [5, 5.41) is 0.0882. The van der Waals surface area contributed by atoms with Gasteiger partial charge in [-0.05, 0) is 32.4 Å². The van der Waals surface area contributed by atoms with Crippen molar-refractivity contribution in [3.8, 4) is 0 Å². The van der Waals surface area contributed by atoms with E-state index in [9.17, 15) is 4.79 Å². The number of rotatable bonds is 4. The molecule has 0 bridgehead atoms. The Morgan fingerprint density at radius 3 is 2.88 bits per heavy atom. The van der Waals surface area contributed by atoms with Crippen molar-refractivity contribution in [1.82, 2.24) is 9.88 Å². The van der Waals surface area contributed by atoms with Crippen LogP contribution in [0.1, 0.15) is 29.4 Å². The lowest BCUT2D eigenvalue weighted by atomic mass is 10.2. The van der Waals surface area contributed by atoms with Gasteiger partial charge in [0.15, 0.2) is 0 Å². The zero-order chi connectivity index (χ0) is 12.1. The number of nitrogens with zero attached hydrogens (tertiary/aromatic N) is 2. The number of aromatic nitrogens is 1. The van der Waals surface area contributed by atoms with E-state index in [1.54, 1.807) is 30.3 Å². The van der Waals surface area contributed by atoms with Gasteiger partial charge in [0, 0.05) is 30.9 Å². The molecule has 1 amide bonds. The maximum Gasteiger partial charge on any atom is 0.255 e. The van der Waals surface area contributed by atoms with E-state index < -0.39 is 0 Å². The number of halogens is 1. The Morgan fingerprint density at radius 1 is 1.62 bits per heavy atom. The first-order valence-corrected chi connectivity index (χ1v) is 5.77. The van der Waals surface area contributed by atoms with E-state index in [2.05, 4.69) is 4.98 Å². The van der Waals surface area contributed by atoms with Crippen LogP contribution < -0.4 is 0 Å². The summed E-state index contributed by atoms with van der Waals surface area (Å²) in [6, 6.07) is 3.57. The van der Waals surface area contributed by atoms with E-state index in [0.717, 1.165) is 12.1 Å². The molecule has 0 aliphatic rings. The maximum atomic E-state index is 12.0. The van der Waals surface area contributed by atoms with Gasteiger partial charge in [-0.3, -0.25) is 9.78 Å². The molecule has 16 heavy (non-hydrogen) atoms. The molecule has 3 nitrogen and oxygen atoms in total. The standard InChI is InChI=1S/C12H17ClN2O/c1-9(13)6-8-15(3)12(16)11-5-4-7-14-10(11)2/h4-5,7,9H,6,8H2,1-3H3. The number of hydrogen-bond donors (Lipinski definition) is 0. The van der Waals surface area contributed by atoms with Gasteiger partial charge in [-0.2, -0.15) is 0 Å². The van der Waals surface area contributed by atoms with Crippen LogP contribution in [0, 0.1) is 6.92 Å². The number of hydrogen-bond acceptors (Lipinski definition) is 2. The average molecular weight is 241 g/mol. The Bertz CT molecular complexity index is 366. The molecule has 0 saturated carbocycles. The molecule has 4 heteroatoms. The zero-order valence-electron chi connectivity index (χ0n) is 9.90. The third kappa shape index (κ3) is 3.49. The van der Waals surface area contributed by atoms with E-state index in [1.807, 2.05) is 13.8 Å². The molecule has 0 saturated heterocycles. The van der Waals surface area contributed by atoms with E-state index in [0.29, 0.717) is 12.1 Å². The van der Waals surface area contributed by atoms with Crippen LogP contribution in [-0.2, 0) is 0 Å². The second-order valence-electron chi connectivity index (χ2n) is 3.93. The Kier molecular flexibility index (Phi) is 4.74. The minimum absolute atomic E-state index is 0.00270. The fraction of sp³-hybridized carbons (Fsp3) is 0.500. The van der Waals surface area contributed by atoms with Gasteiger partial charge in [0.25, 0.3) is 5.91 Å².